The molecule has 0 fully saturated rings. The van der Waals surface area contributed by atoms with Crippen molar-refractivity contribution in [3.05, 3.63) is 98.8 Å². The lowest BCUT2D eigenvalue weighted by Gasteiger charge is -2.33. The first-order valence-electron chi connectivity index (χ1n) is 10.8. The Balaban J connectivity index is 1.71. The number of ether oxygens (including phenoxy) is 1. The molecule has 2 aliphatic rings. The highest BCUT2D eigenvalue weighted by Gasteiger charge is 2.45. The number of halogens is 1. The van der Waals surface area contributed by atoms with E-state index in [0.29, 0.717) is 32.9 Å². The monoisotopic (exact) mass is 546 g/mol. The van der Waals surface area contributed by atoms with E-state index in [1.54, 1.807) is 11.8 Å². The van der Waals surface area contributed by atoms with Crippen LogP contribution in [0.5, 0.6) is 0 Å². The molecule has 7 nitrogen and oxygen atoms in total. The lowest BCUT2D eigenvalue weighted by atomic mass is 9.96. The summed E-state index contributed by atoms with van der Waals surface area (Å²) >= 11 is 4.61. The first-order chi connectivity index (χ1) is 17.0. The van der Waals surface area contributed by atoms with E-state index in [9.17, 15) is 10.1 Å². The lowest BCUT2D eigenvalue weighted by molar-refractivity contribution is -0.139. The zero-order chi connectivity index (χ0) is 24.5. The lowest BCUT2D eigenvalue weighted by Crippen LogP contribution is -2.38. The molecule has 3 aromatic rings. The largest absolute Gasteiger partial charge is 0.463 e. The molecule has 0 saturated carbocycles. The number of allylic oxidation sites excluding steroid dienone is 1. The molecule has 2 N–H and O–H groups in total. The molecule has 174 valence electrons. The van der Waals surface area contributed by atoms with Gasteiger partial charge in [0.15, 0.2) is 5.17 Å². The molecular formula is C26H19BrN4O3S. The van der Waals surface area contributed by atoms with Crippen LogP contribution >= 0.6 is 27.7 Å². The van der Waals surface area contributed by atoms with Gasteiger partial charge in [-0.15, -0.1) is 0 Å². The van der Waals surface area contributed by atoms with Crippen LogP contribution in [0.4, 0.5) is 0 Å². The Hall–Kier alpha value is -3.74. The van der Waals surface area contributed by atoms with Crippen LogP contribution < -0.4 is 5.73 Å². The molecule has 1 atom stereocenters. The van der Waals surface area contributed by atoms with E-state index in [4.69, 9.17) is 19.9 Å². The Kier molecular flexibility index (Phi) is 6.24. The topological polar surface area (TPSA) is 105 Å². The van der Waals surface area contributed by atoms with Gasteiger partial charge >= 0.3 is 5.97 Å². The maximum absolute atomic E-state index is 13.4. The second kappa shape index (κ2) is 9.49. The molecule has 0 saturated heterocycles. The molecule has 0 spiro atoms. The Bertz CT molecular complexity index is 1440. The number of aliphatic imine (C=N–C) groups is 1. The maximum atomic E-state index is 13.4. The van der Waals surface area contributed by atoms with Crippen LogP contribution in [0.25, 0.3) is 17.0 Å². The number of thioether (sulfide) groups is 1. The number of nitrogens with two attached hydrogens (primary N) is 1. The number of carbonyl (C=O) groups excluding carboxylic acids is 1. The van der Waals surface area contributed by atoms with Crippen molar-refractivity contribution in [2.24, 2.45) is 10.7 Å². The number of rotatable bonds is 5. The van der Waals surface area contributed by atoms with Gasteiger partial charge in [0.25, 0.3) is 0 Å². The van der Waals surface area contributed by atoms with E-state index < -0.39 is 12.0 Å². The van der Waals surface area contributed by atoms with Crippen LogP contribution in [-0.4, -0.2) is 22.6 Å². The number of amidine groups is 1. The first-order valence-corrected chi connectivity index (χ1v) is 12.4. The predicted octanol–water partition coefficient (Wildman–Crippen LogP) is 5.79. The third-order valence-electron chi connectivity index (χ3n) is 5.55. The molecule has 3 heterocycles. The number of hydrogen-bond donors (Lipinski definition) is 1. The maximum Gasteiger partial charge on any atom is 0.338 e. The number of hydrogen-bond acceptors (Lipinski definition) is 8. The van der Waals surface area contributed by atoms with Crippen molar-refractivity contribution >= 4 is 44.5 Å². The number of nitriles is 1. The van der Waals surface area contributed by atoms with Crippen LogP contribution in [0.2, 0.25) is 0 Å². The summed E-state index contributed by atoms with van der Waals surface area (Å²) in [5.41, 5.74) is 8.77. The molecule has 2 aromatic carbocycles. The van der Waals surface area contributed by atoms with Gasteiger partial charge in [0.1, 0.15) is 34.4 Å². The molecule has 5 rings (SSSR count). The molecule has 0 bridgehead atoms. The zero-order valence-electron chi connectivity index (χ0n) is 18.6. The average molecular weight is 547 g/mol. The number of esters is 1. The molecule has 0 radical (unpaired) electrons. The summed E-state index contributed by atoms with van der Waals surface area (Å²) < 4.78 is 12.7. The Morgan fingerprint density at radius 1 is 1.17 bits per heavy atom. The third-order valence-corrected chi connectivity index (χ3v) is 7.06. The van der Waals surface area contributed by atoms with E-state index >= 15 is 0 Å². The van der Waals surface area contributed by atoms with Crippen molar-refractivity contribution in [1.82, 2.24) is 4.90 Å². The number of carbonyl (C=O) groups is 1. The van der Waals surface area contributed by atoms with Crippen LogP contribution in [0.1, 0.15) is 24.3 Å². The Labute approximate surface area is 214 Å². The van der Waals surface area contributed by atoms with Gasteiger partial charge in [-0.25, -0.2) is 9.79 Å². The minimum absolute atomic E-state index is 0.194. The fourth-order valence-corrected chi connectivity index (χ4v) is 5.13. The average Bonchev–Trinajstić information content (AvgIpc) is 3.49. The summed E-state index contributed by atoms with van der Waals surface area (Å²) in [7, 11) is 0. The summed E-state index contributed by atoms with van der Waals surface area (Å²) in [6, 6.07) is 22.2. The second-order valence-electron chi connectivity index (χ2n) is 7.65. The second-order valence-corrected chi connectivity index (χ2v) is 9.55. The van der Waals surface area contributed by atoms with E-state index in [2.05, 4.69) is 22.0 Å². The third kappa shape index (κ3) is 4.16. The standard InChI is InChI=1S/C26H19BrN4O3S/c1-2-33-25(32)21-22(16-6-4-3-5-7-16)30-26-31(24(29)20(14-28)35-26)23(21)19-13-12-18(34-19)15-8-10-17(27)11-9-15/h3-13,23H,2,29H2,1H3/t23-/m0/s1. The highest BCUT2D eigenvalue weighted by atomic mass is 79.9. The minimum Gasteiger partial charge on any atom is -0.463 e. The van der Waals surface area contributed by atoms with Gasteiger partial charge in [0.2, 0.25) is 0 Å². The molecule has 0 unspecified atom stereocenters. The molecule has 1 aromatic heterocycles. The predicted molar refractivity (Wildman–Crippen MR) is 138 cm³/mol. The van der Waals surface area contributed by atoms with Gasteiger partial charge in [-0.3, -0.25) is 4.90 Å². The van der Waals surface area contributed by atoms with Gasteiger partial charge in [-0.05, 0) is 43.0 Å². The quantitative estimate of drug-likeness (QED) is 0.403. The Morgan fingerprint density at radius 3 is 2.60 bits per heavy atom. The normalized spacial score (nSPS) is 17.2. The number of fused-ring (bicyclic) bond motifs is 1. The van der Waals surface area contributed by atoms with Crippen molar-refractivity contribution in [2.75, 3.05) is 6.61 Å². The van der Waals surface area contributed by atoms with Crippen LogP contribution in [0, 0.1) is 11.3 Å². The molecule has 9 heteroatoms. The summed E-state index contributed by atoms with van der Waals surface area (Å²) in [6.45, 7) is 1.94. The van der Waals surface area contributed by atoms with Gasteiger partial charge in [0, 0.05) is 15.6 Å². The van der Waals surface area contributed by atoms with E-state index in [1.807, 2.05) is 66.7 Å². The van der Waals surface area contributed by atoms with E-state index in [0.717, 1.165) is 15.6 Å². The summed E-state index contributed by atoms with van der Waals surface area (Å²) in [5, 5.41) is 10.1. The van der Waals surface area contributed by atoms with Crippen molar-refractivity contribution in [1.29, 1.82) is 5.26 Å². The van der Waals surface area contributed by atoms with Gasteiger partial charge in [0.05, 0.1) is 17.9 Å². The number of furan rings is 1. The van der Waals surface area contributed by atoms with Crippen LogP contribution in [0.3, 0.4) is 0 Å². The summed E-state index contributed by atoms with van der Waals surface area (Å²) in [5.74, 6) is 0.811. The number of benzene rings is 2. The van der Waals surface area contributed by atoms with Crippen molar-refractivity contribution in [3.8, 4) is 17.4 Å². The number of nitrogens with zero attached hydrogens (tertiary/aromatic N) is 3. The van der Waals surface area contributed by atoms with Crippen molar-refractivity contribution in [3.63, 3.8) is 0 Å². The minimum atomic E-state index is -0.765. The van der Waals surface area contributed by atoms with Gasteiger partial charge in [-0.2, -0.15) is 5.26 Å². The molecule has 2 aliphatic heterocycles. The fraction of sp³-hybridized carbons (Fsp3) is 0.115. The smallest absolute Gasteiger partial charge is 0.338 e. The SMILES string of the molecule is CCOC(=O)C1=C(c2ccccc2)N=C2SC(C#N)=C(N)N2[C@H]1c1ccc(-c2ccc(Br)cc2)o1. The zero-order valence-corrected chi connectivity index (χ0v) is 21.0. The van der Waals surface area contributed by atoms with Crippen LogP contribution in [0.15, 0.2) is 96.9 Å². The molecule has 35 heavy (non-hydrogen) atoms. The van der Waals surface area contributed by atoms with Crippen molar-refractivity contribution < 1.29 is 13.9 Å². The van der Waals surface area contributed by atoms with Gasteiger partial charge in [-0.1, -0.05) is 58.4 Å². The van der Waals surface area contributed by atoms with Gasteiger partial charge < -0.3 is 14.9 Å². The van der Waals surface area contributed by atoms with Crippen LogP contribution in [-0.2, 0) is 9.53 Å². The first kappa shape index (κ1) is 23.0. The molecule has 0 amide bonds. The molecule has 0 aliphatic carbocycles. The van der Waals surface area contributed by atoms with E-state index in [1.165, 1.54) is 11.8 Å². The van der Waals surface area contributed by atoms with Crippen molar-refractivity contribution in [2.45, 2.75) is 13.0 Å². The highest BCUT2D eigenvalue weighted by molar-refractivity contribution is 9.10. The summed E-state index contributed by atoms with van der Waals surface area (Å²) in [4.78, 5) is 20.1. The highest BCUT2D eigenvalue weighted by Crippen LogP contribution is 2.48. The van der Waals surface area contributed by atoms with E-state index in [-0.39, 0.29) is 12.4 Å². The molecular weight excluding hydrogens is 528 g/mol. The summed E-state index contributed by atoms with van der Waals surface area (Å²) in [6.07, 6.45) is 0. The fourth-order valence-electron chi connectivity index (χ4n) is 4.00. The Morgan fingerprint density at radius 2 is 1.91 bits per heavy atom.